The first-order valence-electron chi connectivity index (χ1n) is 7.96. The highest BCUT2D eigenvalue weighted by Gasteiger charge is 2.24. The number of amides is 3. The maximum atomic E-state index is 12.6. The first kappa shape index (κ1) is 18.3. The van der Waals surface area contributed by atoms with E-state index in [1.165, 1.54) is 22.9 Å². The number of carbonyl (C=O) groups excluding carboxylic acids is 3. The van der Waals surface area contributed by atoms with Crippen molar-refractivity contribution in [1.29, 1.82) is 0 Å². The van der Waals surface area contributed by atoms with E-state index in [4.69, 9.17) is 10.5 Å². The molecular weight excluding hydrogens is 368 g/mol. The van der Waals surface area contributed by atoms with E-state index in [1.54, 1.807) is 18.2 Å². The largest absolute Gasteiger partial charge is 0.448 e. The van der Waals surface area contributed by atoms with E-state index in [9.17, 15) is 14.4 Å². The van der Waals surface area contributed by atoms with Gasteiger partial charge in [-0.2, -0.15) is 5.10 Å². The Bertz CT molecular complexity index is 967. The molecule has 0 fully saturated rings. The molecule has 0 spiro atoms. The number of carbonyl (C=O) groups is 3. The molecule has 138 valence electrons. The molecule has 0 aliphatic rings. The number of nitrogens with two attached hydrogens (primary N) is 1. The third-order valence-corrected chi connectivity index (χ3v) is 4.48. The fraction of sp³-hybridized carbons (Fsp3) is 0.111. The number of primary amides is 1. The Morgan fingerprint density at radius 3 is 2.56 bits per heavy atom. The van der Waals surface area contributed by atoms with Crippen molar-refractivity contribution < 1.29 is 19.1 Å². The molecule has 0 bridgehead atoms. The fourth-order valence-corrected chi connectivity index (χ4v) is 3.02. The predicted molar refractivity (Wildman–Crippen MR) is 99.5 cm³/mol. The lowest BCUT2D eigenvalue weighted by molar-refractivity contribution is -0.127. The molecule has 3 aromatic rings. The van der Waals surface area contributed by atoms with Crippen LogP contribution in [0.3, 0.4) is 0 Å². The van der Waals surface area contributed by atoms with Crippen LogP contribution in [0.4, 0.5) is 4.79 Å². The van der Waals surface area contributed by atoms with Gasteiger partial charge in [0.1, 0.15) is 5.69 Å². The molecular formula is C18H16N4O4S. The van der Waals surface area contributed by atoms with Gasteiger partial charge in [-0.3, -0.25) is 10.1 Å². The summed E-state index contributed by atoms with van der Waals surface area (Å²) in [6, 6.07) is 13.4. The van der Waals surface area contributed by atoms with Crippen molar-refractivity contribution in [3.05, 3.63) is 59.6 Å². The number of benzene rings is 1. The molecule has 1 unspecified atom stereocenters. The lowest BCUT2D eigenvalue weighted by Gasteiger charge is -2.12. The van der Waals surface area contributed by atoms with E-state index >= 15 is 0 Å². The van der Waals surface area contributed by atoms with Crippen LogP contribution in [0.5, 0.6) is 0 Å². The molecule has 0 saturated heterocycles. The minimum Gasteiger partial charge on any atom is -0.448 e. The van der Waals surface area contributed by atoms with Crippen LogP contribution in [0, 0.1) is 0 Å². The van der Waals surface area contributed by atoms with Crippen LogP contribution in [0.25, 0.3) is 16.3 Å². The Morgan fingerprint density at radius 2 is 1.93 bits per heavy atom. The molecule has 8 nitrogen and oxygen atoms in total. The number of hydrogen-bond acceptors (Lipinski definition) is 6. The summed E-state index contributed by atoms with van der Waals surface area (Å²) < 4.78 is 6.63. The van der Waals surface area contributed by atoms with Crippen molar-refractivity contribution in [2.45, 2.75) is 13.0 Å². The maximum Gasteiger partial charge on any atom is 0.357 e. The molecule has 1 atom stereocenters. The number of thiophene rings is 1. The monoisotopic (exact) mass is 384 g/mol. The van der Waals surface area contributed by atoms with Crippen LogP contribution >= 0.6 is 11.3 Å². The normalized spacial score (nSPS) is 11.6. The third-order valence-electron chi connectivity index (χ3n) is 3.59. The average Bonchev–Trinajstić information content (AvgIpc) is 3.31. The van der Waals surface area contributed by atoms with E-state index < -0.39 is 24.0 Å². The molecule has 3 rings (SSSR count). The maximum absolute atomic E-state index is 12.6. The first-order chi connectivity index (χ1) is 13.0. The highest BCUT2D eigenvalue weighted by atomic mass is 32.1. The lowest BCUT2D eigenvalue weighted by Crippen LogP contribution is -2.42. The molecule has 9 heteroatoms. The van der Waals surface area contributed by atoms with Gasteiger partial charge < -0.3 is 10.5 Å². The van der Waals surface area contributed by atoms with E-state index in [2.05, 4.69) is 5.10 Å². The number of imide groups is 1. The fourth-order valence-electron chi connectivity index (χ4n) is 2.33. The van der Waals surface area contributed by atoms with Gasteiger partial charge >= 0.3 is 12.0 Å². The van der Waals surface area contributed by atoms with Crippen molar-refractivity contribution in [1.82, 2.24) is 15.1 Å². The minimum atomic E-state index is -1.20. The SMILES string of the molecule is CC(OC(=O)c1cc(-c2cccs2)nn1-c1ccccc1)C(=O)NC(N)=O. The molecule has 3 N–H and O–H groups in total. The van der Waals surface area contributed by atoms with Crippen LogP contribution in [0.1, 0.15) is 17.4 Å². The lowest BCUT2D eigenvalue weighted by atomic mass is 10.3. The smallest absolute Gasteiger partial charge is 0.357 e. The zero-order valence-electron chi connectivity index (χ0n) is 14.3. The Balaban J connectivity index is 1.92. The van der Waals surface area contributed by atoms with Gasteiger partial charge in [-0.15, -0.1) is 11.3 Å². The molecule has 0 saturated carbocycles. The molecule has 1 aromatic carbocycles. The number of para-hydroxylation sites is 1. The zero-order chi connectivity index (χ0) is 19.4. The quantitative estimate of drug-likeness (QED) is 0.655. The Hall–Kier alpha value is -3.46. The first-order valence-corrected chi connectivity index (χ1v) is 8.84. The van der Waals surface area contributed by atoms with Gasteiger partial charge in [-0.1, -0.05) is 24.3 Å². The summed E-state index contributed by atoms with van der Waals surface area (Å²) >= 11 is 1.49. The van der Waals surface area contributed by atoms with Crippen molar-refractivity contribution in [3.8, 4) is 16.3 Å². The Morgan fingerprint density at radius 1 is 1.19 bits per heavy atom. The van der Waals surface area contributed by atoms with Gasteiger partial charge in [0.15, 0.2) is 11.8 Å². The highest BCUT2D eigenvalue weighted by molar-refractivity contribution is 7.13. The number of ether oxygens (including phenoxy) is 1. The van der Waals surface area contributed by atoms with E-state index in [0.717, 1.165) is 4.88 Å². The third kappa shape index (κ3) is 4.21. The topological polar surface area (TPSA) is 116 Å². The number of aromatic nitrogens is 2. The number of nitrogens with one attached hydrogen (secondary N) is 1. The Labute approximate surface area is 158 Å². The summed E-state index contributed by atoms with van der Waals surface area (Å²) in [5, 5.41) is 8.28. The second-order valence-corrected chi connectivity index (χ2v) is 6.49. The van der Waals surface area contributed by atoms with Gasteiger partial charge in [0.05, 0.1) is 10.6 Å². The summed E-state index contributed by atoms with van der Waals surface area (Å²) in [6.45, 7) is 1.35. The highest BCUT2D eigenvalue weighted by Crippen LogP contribution is 2.26. The standard InChI is InChI=1S/C18H16N4O4S/c1-11(16(23)20-18(19)25)26-17(24)14-10-13(15-8-5-9-27-15)21-22(14)12-6-3-2-4-7-12/h2-11H,1H3,(H3,19,20,23,25). The van der Waals surface area contributed by atoms with Gasteiger partial charge in [-0.25, -0.2) is 14.3 Å². The van der Waals surface area contributed by atoms with Gasteiger partial charge in [0, 0.05) is 6.07 Å². The predicted octanol–water partition coefficient (Wildman–Crippen LogP) is 2.34. The summed E-state index contributed by atoms with van der Waals surface area (Å²) in [4.78, 5) is 36.1. The number of nitrogens with zero attached hydrogens (tertiary/aromatic N) is 2. The Kier molecular flexibility index (Phi) is 5.32. The number of esters is 1. The van der Waals surface area contributed by atoms with Crippen molar-refractivity contribution in [3.63, 3.8) is 0 Å². The molecule has 2 heterocycles. The van der Waals surface area contributed by atoms with Crippen LogP contribution in [-0.4, -0.2) is 33.8 Å². The van der Waals surface area contributed by atoms with Crippen LogP contribution in [-0.2, 0) is 9.53 Å². The number of hydrogen-bond donors (Lipinski definition) is 2. The van der Waals surface area contributed by atoms with E-state index in [-0.39, 0.29) is 5.69 Å². The molecule has 0 aliphatic carbocycles. The molecule has 3 amide bonds. The molecule has 0 radical (unpaired) electrons. The minimum absolute atomic E-state index is 0.156. The van der Waals surface area contributed by atoms with Crippen molar-refractivity contribution >= 4 is 29.2 Å². The molecule has 27 heavy (non-hydrogen) atoms. The van der Waals surface area contributed by atoms with E-state index in [1.807, 2.05) is 41.0 Å². The number of urea groups is 1. The van der Waals surface area contributed by atoms with Gasteiger partial charge in [-0.05, 0) is 30.5 Å². The zero-order valence-corrected chi connectivity index (χ0v) is 15.1. The van der Waals surface area contributed by atoms with Crippen LogP contribution in [0.15, 0.2) is 53.9 Å². The van der Waals surface area contributed by atoms with Crippen molar-refractivity contribution in [2.24, 2.45) is 5.73 Å². The van der Waals surface area contributed by atoms with Crippen LogP contribution < -0.4 is 11.1 Å². The molecule has 2 aromatic heterocycles. The van der Waals surface area contributed by atoms with Gasteiger partial charge in [0.2, 0.25) is 0 Å². The molecule has 0 aliphatic heterocycles. The summed E-state index contributed by atoms with van der Waals surface area (Å²) in [7, 11) is 0. The van der Waals surface area contributed by atoms with E-state index in [0.29, 0.717) is 11.4 Å². The van der Waals surface area contributed by atoms with Gasteiger partial charge in [0.25, 0.3) is 5.91 Å². The van der Waals surface area contributed by atoms with Crippen molar-refractivity contribution in [2.75, 3.05) is 0 Å². The summed E-state index contributed by atoms with van der Waals surface area (Å²) in [6.07, 6.45) is -1.20. The summed E-state index contributed by atoms with van der Waals surface area (Å²) in [5.41, 5.74) is 6.34. The summed E-state index contributed by atoms with van der Waals surface area (Å²) in [5.74, 6) is -1.55. The average molecular weight is 384 g/mol. The van der Waals surface area contributed by atoms with Crippen LogP contribution in [0.2, 0.25) is 0 Å². The second kappa shape index (κ2) is 7.83. The second-order valence-electron chi connectivity index (χ2n) is 5.54. The number of rotatable bonds is 5.